The van der Waals surface area contributed by atoms with Crippen molar-refractivity contribution in [3.8, 4) is 5.75 Å². The lowest BCUT2D eigenvalue weighted by atomic mass is 9.79. The maximum Gasteiger partial charge on any atom is 0.258 e. The molecule has 0 radical (unpaired) electrons. The van der Waals surface area contributed by atoms with Crippen molar-refractivity contribution in [1.82, 2.24) is 15.0 Å². The molecule has 6 nitrogen and oxygen atoms in total. The highest BCUT2D eigenvalue weighted by Gasteiger charge is 2.37. The predicted molar refractivity (Wildman–Crippen MR) is 123 cm³/mol. The summed E-state index contributed by atoms with van der Waals surface area (Å²) in [4.78, 5) is 19.7. The van der Waals surface area contributed by atoms with Crippen molar-refractivity contribution < 1.29 is 14.1 Å². The Morgan fingerprint density at radius 1 is 1.25 bits per heavy atom. The summed E-state index contributed by atoms with van der Waals surface area (Å²) in [5.74, 6) is 1.57. The van der Waals surface area contributed by atoms with Crippen molar-refractivity contribution >= 4 is 28.6 Å². The summed E-state index contributed by atoms with van der Waals surface area (Å²) in [5.41, 5.74) is 3.27. The standard InChI is InChI=1S/C25H28ClN3O3/c1-15-6-3-4-7-17(15)25(30)29-13-11-18-20(26)9-10-22(23(18)16(29)2)31-14-21-19-8-5-12-27-24(19)32-28-21/h5,8-10,12,15-17H,3-4,6-7,11,13-14H2,1-2H3. The molecule has 5 rings (SSSR count). The molecule has 0 bridgehead atoms. The molecule has 1 aliphatic carbocycles. The van der Waals surface area contributed by atoms with Crippen LogP contribution in [0.5, 0.6) is 5.75 Å². The van der Waals surface area contributed by atoms with Crippen molar-refractivity contribution in [2.75, 3.05) is 6.54 Å². The molecule has 1 aliphatic heterocycles. The predicted octanol–water partition coefficient (Wildman–Crippen LogP) is 5.73. The fourth-order valence-corrected chi connectivity index (χ4v) is 5.57. The summed E-state index contributed by atoms with van der Waals surface area (Å²) in [7, 11) is 0. The molecule has 2 aromatic heterocycles. The number of halogens is 1. The number of fused-ring (bicyclic) bond motifs is 2. The maximum absolute atomic E-state index is 13.5. The second-order valence-electron chi connectivity index (χ2n) is 9.04. The monoisotopic (exact) mass is 453 g/mol. The molecular formula is C25H28ClN3O3. The molecule has 3 heterocycles. The van der Waals surface area contributed by atoms with Crippen LogP contribution < -0.4 is 4.74 Å². The van der Waals surface area contributed by atoms with Crippen molar-refractivity contribution in [1.29, 1.82) is 0 Å². The molecule has 0 N–H and O–H groups in total. The summed E-state index contributed by atoms with van der Waals surface area (Å²) in [6.07, 6.45) is 6.90. The Labute approximate surface area is 192 Å². The zero-order chi connectivity index (χ0) is 22.2. The van der Waals surface area contributed by atoms with Gasteiger partial charge in [-0.3, -0.25) is 4.79 Å². The van der Waals surface area contributed by atoms with Crippen LogP contribution in [0.25, 0.3) is 11.1 Å². The van der Waals surface area contributed by atoms with Gasteiger partial charge in [-0.2, -0.15) is 0 Å². The lowest BCUT2D eigenvalue weighted by Gasteiger charge is -2.40. The van der Waals surface area contributed by atoms with Crippen LogP contribution in [0.2, 0.25) is 5.02 Å². The number of amides is 1. The van der Waals surface area contributed by atoms with Crippen molar-refractivity contribution in [3.63, 3.8) is 0 Å². The number of rotatable bonds is 4. The van der Waals surface area contributed by atoms with E-state index in [4.69, 9.17) is 20.9 Å². The molecule has 0 saturated heterocycles. The normalized spacial score (nSPS) is 23.2. The molecule has 1 fully saturated rings. The van der Waals surface area contributed by atoms with Crippen LogP contribution in [0, 0.1) is 11.8 Å². The molecular weight excluding hydrogens is 426 g/mol. The van der Waals surface area contributed by atoms with E-state index < -0.39 is 0 Å². The minimum atomic E-state index is -0.0928. The summed E-state index contributed by atoms with van der Waals surface area (Å²) in [5, 5.41) is 5.69. The van der Waals surface area contributed by atoms with Gasteiger partial charge < -0.3 is 14.2 Å². The number of carbonyl (C=O) groups is 1. The molecule has 0 spiro atoms. The number of aromatic nitrogens is 2. The SMILES string of the molecule is CC1CCCCC1C(=O)N1CCc2c(Cl)ccc(OCc3noc4ncccc34)c2C1C. The Kier molecular flexibility index (Phi) is 5.80. The van der Waals surface area contributed by atoms with Crippen LogP contribution in [0.4, 0.5) is 0 Å². The molecule has 7 heteroatoms. The Hall–Kier alpha value is -2.60. The van der Waals surface area contributed by atoms with E-state index in [1.54, 1.807) is 6.20 Å². The Morgan fingerprint density at radius 2 is 2.09 bits per heavy atom. The molecule has 3 unspecified atom stereocenters. The highest BCUT2D eigenvalue weighted by atomic mass is 35.5. The van der Waals surface area contributed by atoms with Gasteiger partial charge in [-0.1, -0.05) is 36.5 Å². The first kappa shape index (κ1) is 21.3. The third kappa shape index (κ3) is 3.75. The second-order valence-corrected chi connectivity index (χ2v) is 9.44. The average molecular weight is 454 g/mol. The molecule has 2 aliphatic rings. The van der Waals surface area contributed by atoms with E-state index in [1.165, 1.54) is 6.42 Å². The van der Waals surface area contributed by atoms with Gasteiger partial charge in [0.15, 0.2) is 0 Å². The van der Waals surface area contributed by atoms with E-state index in [9.17, 15) is 4.79 Å². The number of nitrogens with zero attached hydrogens (tertiary/aromatic N) is 3. The Balaban J connectivity index is 1.41. The van der Waals surface area contributed by atoms with Gasteiger partial charge in [0, 0.05) is 29.2 Å². The summed E-state index contributed by atoms with van der Waals surface area (Å²) in [6, 6.07) is 7.46. The van der Waals surface area contributed by atoms with E-state index in [0.29, 0.717) is 23.9 Å². The third-order valence-corrected chi connectivity index (χ3v) is 7.50. The molecule has 32 heavy (non-hydrogen) atoms. The third-order valence-electron chi connectivity index (χ3n) is 7.15. The number of benzene rings is 1. The van der Waals surface area contributed by atoms with E-state index >= 15 is 0 Å². The Morgan fingerprint density at radius 3 is 2.94 bits per heavy atom. The van der Waals surface area contributed by atoms with Crippen molar-refractivity contribution in [2.24, 2.45) is 11.8 Å². The largest absolute Gasteiger partial charge is 0.487 e. The zero-order valence-electron chi connectivity index (χ0n) is 18.5. The highest BCUT2D eigenvalue weighted by Crippen LogP contribution is 2.42. The minimum absolute atomic E-state index is 0.0928. The summed E-state index contributed by atoms with van der Waals surface area (Å²) in [6.45, 7) is 5.25. The first-order valence-electron chi connectivity index (χ1n) is 11.5. The number of pyridine rings is 1. The number of ether oxygens (including phenoxy) is 1. The van der Waals surface area contributed by atoms with Gasteiger partial charge in [-0.25, -0.2) is 4.98 Å². The van der Waals surface area contributed by atoms with E-state index in [2.05, 4.69) is 24.0 Å². The van der Waals surface area contributed by atoms with E-state index in [-0.39, 0.29) is 24.5 Å². The fraction of sp³-hybridized carbons (Fsp3) is 0.480. The van der Waals surface area contributed by atoms with Gasteiger partial charge in [-0.05, 0) is 61.9 Å². The molecule has 3 atom stereocenters. The zero-order valence-corrected chi connectivity index (χ0v) is 19.3. The molecule has 1 saturated carbocycles. The van der Waals surface area contributed by atoms with Crippen molar-refractivity contribution in [2.45, 2.75) is 58.6 Å². The quantitative estimate of drug-likeness (QED) is 0.504. The maximum atomic E-state index is 13.5. The van der Waals surface area contributed by atoms with Crippen LogP contribution in [0.1, 0.15) is 62.4 Å². The number of hydrogen-bond acceptors (Lipinski definition) is 5. The molecule has 168 valence electrons. The van der Waals surface area contributed by atoms with Gasteiger partial charge in [0.25, 0.3) is 5.71 Å². The lowest BCUT2D eigenvalue weighted by Crippen LogP contribution is -2.44. The number of hydrogen-bond donors (Lipinski definition) is 0. The topological polar surface area (TPSA) is 68.5 Å². The van der Waals surface area contributed by atoms with Gasteiger partial charge in [-0.15, -0.1) is 0 Å². The summed E-state index contributed by atoms with van der Waals surface area (Å²) < 4.78 is 11.5. The molecule has 1 aromatic carbocycles. The van der Waals surface area contributed by atoms with Crippen LogP contribution in [0.15, 0.2) is 35.0 Å². The van der Waals surface area contributed by atoms with Gasteiger partial charge in [0.1, 0.15) is 18.1 Å². The van der Waals surface area contributed by atoms with Crippen LogP contribution in [0.3, 0.4) is 0 Å². The highest BCUT2D eigenvalue weighted by molar-refractivity contribution is 6.31. The van der Waals surface area contributed by atoms with Crippen LogP contribution in [-0.2, 0) is 17.8 Å². The van der Waals surface area contributed by atoms with E-state index in [1.807, 2.05) is 29.2 Å². The Bertz CT molecular complexity index is 1140. The lowest BCUT2D eigenvalue weighted by molar-refractivity contribution is -0.141. The number of carbonyl (C=O) groups excluding carboxylic acids is 1. The molecule has 3 aromatic rings. The average Bonchev–Trinajstić information content (AvgIpc) is 3.22. The van der Waals surface area contributed by atoms with Gasteiger partial charge >= 0.3 is 0 Å². The van der Waals surface area contributed by atoms with Gasteiger partial charge in [0.2, 0.25) is 5.91 Å². The van der Waals surface area contributed by atoms with Crippen molar-refractivity contribution in [3.05, 3.63) is 52.3 Å². The van der Waals surface area contributed by atoms with Crippen LogP contribution >= 0.6 is 11.6 Å². The van der Waals surface area contributed by atoms with Crippen LogP contribution in [-0.4, -0.2) is 27.5 Å². The van der Waals surface area contributed by atoms with E-state index in [0.717, 1.165) is 53.0 Å². The summed E-state index contributed by atoms with van der Waals surface area (Å²) >= 11 is 6.56. The first-order valence-corrected chi connectivity index (χ1v) is 11.9. The molecule has 1 amide bonds. The second kappa shape index (κ2) is 8.74. The smallest absolute Gasteiger partial charge is 0.258 e. The minimum Gasteiger partial charge on any atom is -0.487 e. The van der Waals surface area contributed by atoms with Gasteiger partial charge in [0.05, 0.1) is 11.4 Å². The fourth-order valence-electron chi connectivity index (χ4n) is 5.31. The first-order chi connectivity index (χ1) is 15.5.